The van der Waals surface area contributed by atoms with E-state index in [1.165, 1.54) is 23.5 Å². The second kappa shape index (κ2) is 7.62. The van der Waals surface area contributed by atoms with E-state index >= 15 is 0 Å². The second-order valence-electron chi connectivity index (χ2n) is 5.72. The normalized spacial score (nSPS) is 11.7. The molecular formula is C17H20N2O5S. The molecule has 0 bridgehead atoms. The zero-order valence-electron chi connectivity index (χ0n) is 14.2. The molecule has 0 amide bonds. The van der Waals surface area contributed by atoms with E-state index in [-0.39, 0.29) is 28.9 Å². The molecule has 0 aliphatic carbocycles. The van der Waals surface area contributed by atoms with Crippen LogP contribution in [-0.4, -0.2) is 30.8 Å². The van der Waals surface area contributed by atoms with Gasteiger partial charge in [-0.15, -0.1) is 0 Å². The number of benzene rings is 2. The highest BCUT2D eigenvalue weighted by atomic mass is 32.2. The minimum atomic E-state index is -3.99. The number of nitrogens with zero attached hydrogens (tertiary/aromatic N) is 2. The van der Waals surface area contributed by atoms with E-state index in [2.05, 4.69) is 0 Å². The van der Waals surface area contributed by atoms with Crippen molar-refractivity contribution < 1.29 is 18.1 Å². The van der Waals surface area contributed by atoms with Crippen LogP contribution in [0.25, 0.3) is 0 Å². The van der Waals surface area contributed by atoms with E-state index in [0.717, 1.165) is 11.6 Å². The molecular weight excluding hydrogens is 344 g/mol. The summed E-state index contributed by atoms with van der Waals surface area (Å²) in [5.41, 5.74) is 0.520. The molecule has 134 valence electrons. The number of nitro groups is 1. The Balaban J connectivity index is 2.53. The summed E-state index contributed by atoms with van der Waals surface area (Å²) < 4.78 is 32.7. The van der Waals surface area contributed by atoms with Crippen LogP contribution in [0.3, 0.4) is 0 Å². The summed E-state index contributed by atoms with van der Waals surface area (Å²) in [7, 11) is -2.66. The molecule has 0 spiro atoms. The van der Waals surface area contributed by atoms with Gasteiger partial charge in [0.1, 0.15) is 10.6 Å². The lowest BCUT2D eigenvalue weighted by Crippen LogP contribution is -2.36. The molecule has 7 nitrogen and oxygen atoms in total. The lowest BCUT2D eigenvalue weighted by Gasteiger charge is -2.26. The third-order valence-corrected chi connectivity index (χ3v) is 5.74. The highest BCUT2D eigenvalue weighted by Crippen LogP contribution is 2.32. The third kappa shape index (κ3) is 4.15. The van der Waals surface area contributed by atoms with Crippen LogP contribution in [0.4, 0.5) is 5.69 Å². The van der Waals surface area contributed by atoms with Gasteiger partial charge in [0.25, 0.3) is 5.69 Å². The SMILES string of the molecule is COc1ccc([N+](=O)[O-])cc1S(=O)(=O)N(Cc1ccccc1)C(C)C. The van der Waals surface area contributed by atoms with Crippen LogP contribution in [0.15, 0.2) is 53.4 Å². The van der Waals surface area contributed by atoms with Crippen LogP contribution in [0.5, 0.6) is 5.75 Å². The van der Waals surface area contributed by atoms with Crippen molar-refractivity contribution in [2.45, 2.75) is 31.3 Å². The van der Waals surface area contributed by atoms with Crippen molar-refractivity contribution in [1.29, 1.82) is 0 Å². The molecule has 0 aromatic heterocycles. The van der Waals surface area contributed by atoms with E-state index in [0.29, 0.717) is 0 Å². The molecule has 0 atom stereocenters. The summed E-state index contributed by atoms with van der Waals surface area (Å²) in [6.45, 7) is 3.67. The first-order valence-corrected chi connectivity index (χ1v) is 9.09. The Labute approximate surface area is 147 Å². The topological polar surface area (TPSA) is 89.7 Å². The minimum Gasteiger partial charge on any atom is -0.495 e. The molecule has 0 saturated heterocycles. The van der Waals surface area contributed by atoms with Gasteiger partial charge in [-0.05, 0) is 25.5 Å². The first kappa shape index (κ1) is 18.9. The fourth-order valence-electron chi connectivity index (χ4n) is 2.42. The number of nitro benzene ring substituents is 1. The molecule has 0 aliphatic rings. The summed E-state index contributed by atoms with van der Waals surface area (Å²) in [6.07, 6.45) is 0. The first-order chi connectivity index (χ1) is 11.8. The zero-order chi connectivity index (χ0) is 18.6. The Morgan fingerprint density at radius 1 is 1.16 bits per heavy atom. The summed E-state index contributed by atoms with van der Waals surface area (Å²) in [4.78, 5) is 10.2. The zero-order valence-corrected chi connectivity index (χ0v) is 15.1. The van der Waals surface area contributed by atoms with Crippen molar-refractivity contribution >= 4 is 15.7 Å². The Bertz CT molecular complexity index is 851. The molecule has 2 rings (SSSR count). The van der Waals surface area contributed by atoms with E-state index < -0.39 is 14.9 Å². The van der Waals surface area contributed by atoms with Crippen LogP contribution in [0.1, 0.15) is 19.4 Å². The van der Waals surface area contributed by atoms with Gasteiger partial charge in [-0.2, -0.15) is 4.31 Å². The van der Waals surface area contributed by atoms with E-state index in [1.807, 2.05) is 30.3 Å². The fourth-order valence-corrected chi connectivity index (χ4v) is 4.22. The van der Waals surface area contributed by atoms with Gasteiger partial charge in [-0.25, -0.2) is 8.42 Å². The number of hydrogen-bond donors (Lipinski definition) is 0. The highest BCUT2D eigenvalue weighted by Gasteiger charge is 2.31. The lowest BCUT2D eigenvalue weighted by molar-refractivity contribution is -0.385. The molecule has 8 heteroatoms. The number of hydrogen-bond acceptors (Lipinski definition) is 5. The number of methoxy groups -OCH3 is 1. The van der Waals surface area contributed by atoms with Crippen LogP contribution in [-0.2, 0) is 16.6 Å². The van der Waals surface area contributed by atoms with Gasteiger partial charge in [0, 0.05) is 24.7 Å². The fraction of sp³-hybridized carbons (Fsp3) is 0.294. The van der Waals surface area contributed by atoms with E-state index in [9.17, 15) is 18.5 Å². The quantitative estimate of drug-likeness (QED) is 0.556. The summed E-state index contributed by atoms with van der Waals surface area (Å²) in [5.74, 6) is 0.0734. The van der Waals surface area contributed by atoms with Crippen molar-refractivity contribution in [3.63, 3.8) is 0 Å². The first-order valence-electron chi connectivity index (χ1n) is 7.65. The predicted molar refractivity (Wildman–Crippen MR) is 94.0 cm³/mol. The maximum absolute atomic E-state index is 13.2. The molecule has 2 aromatic carbocycles. The van der Waals surface area contributed by atoms with Crippen molar-refractivity contribution in [3.05, 3.63) is 64.2 Å². The highest BCUT2D eigenvalue weighted by molar-refractivity contribution is 7.89. The smallest absolute Gasteiger partial charge is 0.271 e. The number of sulfonamides is 1. The standard InChI is InChI=1S/C17H20N2O5S/c1-13(2)18(12-14-7-5-4-6-8-14)25(22,23)17-11-15(19(20)21)9-10-16(17)24-3/h4-11,13H,12H2,1-3H3. The van der Waals surface area contributed by atoms with Crippen molar-refractivity contribution in [3.8, 4) is 5.75 Å². The monoisotopic (exact) mass is 364 g/mol. The molecule has 0 heterocycles. The second-order valence-corrected chi connectivity index (χ2v) is 7.58. The maximum atomic E-state index is 13.2. The van der Waals surface area contributed by atoms with Gasteiger partial charge in [0.15, 0.2) is 0 Å². The van der Waals surface area contributed by atoms with Gasteiger partial charge < -0.3 is 4.74 Å². The molecule has 25 heavy (non-hydrogen) atoms. The van der Waals surface area contributed by atoms with Gasteiger partial charge in [0.05, 0.1) is 12.0 Å². The largest absolute Gasteiger partial charge is 0.495 e. The maximum Gasteiger partial charge on any atom is 0.271 e. The van der Waals surface area contributed by atoms with Crippen LogP contribution >= 0.6 is 0 Å². The van der Waals surface area contributed by atoms with E-state index in [4.69, 9.17) is 4.74 Å². The minimum absolute atomic E-state index is 0.0734. The van der Waals surface area contributed by atoms with Crippen molar-refractivity contribution in [2.24, 2.45) is 0 Å². The van der Waals surface area contributed by atoms with Crippen LogP contribution in [0, 0.1) is 10.1 Å². The van der Waals surface area contributed by atoms with Crippen molar-refractivity contribution in [2.75, 3.05) is 7.11 Å². The molecule has 0 N–H and O–H groups in total. The summed E-state index contributed by atoms with van der Waals surface area (Å²) >= 11 is 0. The number of non-ortho nitro benzene ring substituents is 1. The van der Waals surface area contributed by atoms with Crippen LogP contribution in [0.2, 0.25) is 0 Å². The molecule has 0 aliphatic heterocycles. The summed E-state index contributed by atoms with van der Waals surface area (Å²) in [5, 5.41) is 11.0. The Morgan fingerprint density at radius 3 is 2.32 bits per heavy atom. The Hall–Kier alpha value is -2.45. The molecule has 0 unspecified atom stereocenters. The van der Waals surface area contributed by atoms with Gasteiger partial charge >= 0.3 is 0 Å². The average molecular weight is 364 g/mol. The van der Waals surface area contributed by atoms with Crippen LogP contribution < -0.4 is 4.74 Å². The number of rotatable bonds is 7. The Morgan fingerprint density at radius 2 is 1.80 bits per heavy atom. The van der Waals surface area contributed by atoms with Gasteiger partial charge in [-0.1, -0.05) is 30.3 Å². The van der Waals surface area contributed by atoms with Gasteiger partial charge in [-0.3, -0.25) is 10.1 Å². The Kier molecular flexibility index (Phi) is 5.76. The number of ether oxygens (including phenoxy) is 1. The molecule has 0 saturated carbocycles. The molecule has 0 radical (unpaired) electrons. The third-order valence-electron chi connectivity index (χ3n) is 3.70. The lowest BCUT2D eigenvalue weighted by atomic mass is 10.2. The van der Waals surface area contributed by atoms with Gasteiger partial charge in [0.2, 0.25) is 10.0 Å². The summed E-state index contributed by atoms with van der Waals surface area (Å²) in [6, 6.07) is 12.4. The average Bonchev–Trinajstić information content (AvgIpc) is 2.59. The predicted octanol–water partition coefficient (Wildman–Crippen LogP) is 3.20. The molecule has 2 aromatic rings. The van der Waals surface area contributed by atoms with Crippen molar-refractivity contribution in [1.82, 2.24) is 4.31 Å². The van der Waals surface area contributed by atoms with E-state index in [1.54, 1.807) is 13.8 Å². The molecule has 0 fully saturated rings.